The molecule has 4 aromatic rings. The Bertz CT molecular complexity index is 1380. The normalized spacial score (nSPS) is 10.8. The highest BCUT2D eigenvalue weighted by molar-refractivity contribution is 7.18. The number of amides is 1. The van der Waals surface area contributed by atoms with Gasteiger partial charge in [0, 0.05) is 10.9 Å². The average molecular weight is 459 g/mol. The quantitative estimate of drug-likeness (QED) is 0.287. The molecule has 0 saturated heterocycles. The van der Waals surface area contributed by atoms with Crippen LogP contribution in [0.5, 0.6) is 0 Å². The number of carbonyl (C=O) groups is 3. The van der Waals surface area contributed by atoms with Crippen LogP contribution in [0.4, 0.5) is 5.00 Å². The number of anilines is 1. The van der Waals surface area contributed by atoms with E-state index >= 15 is 0 Å². The lowest BCUT2D eigenvalue weighted by Crippen LogP contribution is -2.15. The maximum Gasteiger partial charge on any atom is 0.341 e. The fourth-order valence-electron chi connectivity index (χ4n) is 3.68. The summed E-state index contributed by atoms with van der Waals surface area (Å²) in [4.78, 5) is 43.3. The van der Waals surface area contributed by atoms with E-state index in [1.807, 2.05) is 54.6 Å². The summed E-state index contributed by atoms with van der Waals surface area (Å²) in [5.74, 6) is -1.14. The number of nitrogens with zero attached hydrogens (tertiary/aromatic N) is 1. The van der Waals surface area contributed by atoms with Crippen LogP contribution < -0.4 is 5.32 Å². The van der Waals surface area contributed by atoms with Crippen molar-refractivity contribution < 1.29 is 19.1 Å². The summed E-state index contributed by atoms with van der Waals surface area (Å²) in [5.41, 5.74) is 3.37. The van der Waals surface area contributed by atoms with Crippen LogP contribution in [0.1, 0.15) is 49.8 Å². The molecule has 0 bridgehead atoms. The second kappa shape index (κ2) is 9.34. The zero-order chi connectivity index (χ0) is 23.5. The highest BCUT2D eigenvalue weighted by Crippen LogP contribution is 2.35. The second-order valence-corrected chi connectivity index (χ2v) is 8.45. The molecule has 0 aliphatic rings. The van der Waals surface area contributed by atoms with Crippen molar-refractivity contribution in [3.05, 3.63) is 82.2 Å². The van der Waals surface area contributed by atoms with Gasteiger partial charge in [0.1, 0.15) is 5.00 Å². The molecule has 6 nitrogen and oxygen atoms in total. The van der Waals surface area contributed by atoms with Crippen LogP contribution in [0.15, 0.2) is 60.7 Å². The van der Waals surface area contributed by atoms with Gasteiger partial charge in [-0.25, -0.2) is 9.78 Å². The number of Topliss-reactive ketones (excluding diaryl/α,β-unsaturated/α-hetero) is 1. The molecule has 1 N–H and O–H groups in total. The molecule has 166 valence electrons. The standard InChI is InChI=1S/C26H22N2O4S/c1-4-32-26(31)22-15(2)23(16(3)29)33-25(22)28-24(30)19-14-21(17-10-6-5-7-11-17)27-20-13-9-8-12-18(19)20/h5-14H,4H2,1-3H3,(H,28,30). The van der Waals surface area contributed by atoms with E-state index in [4.69, 9.17) is 9.72 Å². The van der Waals surface area contributed by atoms with E-state index in [0.29, 0.717) is 37.6 Å². The van der Waals surface area contributed by atoms with E-state index in [0.717, 1.165) is 16.9 Å². The Morgan fingerprint density at radius 1 is 1.03 bits per heavy atom. The van der Waals surface area contributed by atoms with Crippen LogP contribution in [0.2, 0.25) is 0 Å². The van der Waals surface area contributed by atoms with E-state index in [2.05, 4.69) is 5.32 Å². The lowest BCUT2D eigenvalue weighted by Gasteiger charge is -2.11. The molecule has 33 heavy (non-hydrogen) atoms. The highest BCUT2D eigenvalue weighted by Gasteiger charge is 2.26. The van der Waals surface area contributed by atoms with Crippen molar-refractivity contribution in [2.75, 3.05) is 11.9 Å². The number of benzene rings is 2. The SMILES string of the molecule is CCOC(=O)c1c(NC(=O)c2cc(-c3ccccc3)nc3ccccc23)sc(C(C)=O)c1C. The number of hydrogen-bond donors (Lipinski definition) is 1. The molecule has 0 spiro atoms. The van der Waals surface area contributed by atoms with Crippen LogP contribution in [-0.4, -0.2) is 29.3 Å². The van der Waals surface area contributed by atoms with Gasteiger partial charge in [0.25, 0.3) is 5.91 Å². The first-order valence-electron chi connectivity index (χ1n) is 10.5. The van der Waals surface area contributed by atoms with Crippen LogP contribution in [0.3, 0.4) is 0 Å². The van der Waals surface area contributed by atoms with E-state index in [1.54, 1.807) is 19.9 Å². The Labute approximate surface area is 195 Å². The number of rotatable bonds is 6. The van der Waals surface area contributed by atoms with Crippen molar-refractivity contribution in [2.45, 2.75) is 20.8 Å². The largest absolute Gasteiger partial charge is 0.462 e. The van der Waals surface area contributed by atoms with Crippen LogP contribution in [0.25, 0.3) is 22.2 Å². The molecular weight excluding hydrogens is 436 g/mol. The number of esters is 1. The molecule has 7 heteroatoms. The van der Waals surface area contributed by atoms with Gasteiger partial charge < -0.3 is 10.1 Å². The van der Waals surface area contributed by atoms with E-state index in [9.17, 15) is 14.4 Å². The van der Waals surface area contributed by atoms with Gasteiger partial charge in [0.05, 0.1) is 33.8 Å². The molecular formula is C26H22N2O4S. The minimum atomic E-state index is -0.571. The van der Waals surface area contributed by atoms with Crippen molar-refractivity contribution in [3.8, 4) is 11.3 Å². The second-order valence-electron chi connectivity index (χ2n) is 7.43. The molecule has 2 aromatic heterocycles. The molecule has 0 atom stereocenters. The first-order valence-corrected chi connectivity index (χ1v) is 11.3. The zero-order valence-electron chi connectivity index (χ0n) is 18.5. The Hall–Kier alpha value is -3.84. The molecule has 0 unspecified atom stereocenters. The van der Waals surface area contributed by atoms with Gasteiger partial charge in [-0.2, -0.15) is 0 Å². The number of thiophene rings is 1. The molecule has 0 fully saturated rings. The minimum Gasteiger partial charge on any atom is -0.462 e. The molecule has 0 radical (unpaired) electrons. The topological polar surface area (TPSA) is 85.4 Å². The maximum atomic E-state index is 13.5. The van der Waals surface area contributed by atoms with E-state index in [1.165, 1.54) is 6.92 Å². The summed E-state index contributed by atoms with van der Waals surface area (Å²) >= 11 is 1.08. The monoisotopic (exact) mass is 458 g/mol. The van der Waals surface area contributed by atoms with Gasteiger partial charge in [-0.15, -0.1) is 11.3 Å². The fraction of sp³-hybridized carbons (Fsp3) is 0.154. The Morgan fingerprint density at radius 3 is 2.42 bits per heavy atom. The third-order valence-corrected chi connectivity index (χ3v) is 6.51. The molecule has 0 aliphatic heterocycles. The maximum absolute atomic E-state index is 13.5. The molecule has 1 amide bonds. The van der Waals surface area contributed by atoms with Crippen molar-refractivity contribution >= 4 is 44.9 Å². The molecule has 4 rings (SSSR count). The number of carbonyl (C=O) groups excluding carboxylic acids is 3. The summed E-state index contributed by atoms with van der Waals surface area (Å²) in [5, 5.41) is 3.83. The van der Waals surface area contributed by atoms with Crippen molar-refractivity contribution in [1.29, 1.82) is 0 Å². The third kappa shape index (κ3) is 4.40. The smallest absolute Gasteiger partial charge is 0.341 e. The highest BCUT2D eigenvalue weighted by atomic mass is 32.1. The summed E-state index contributed by atoms with van der Waals surface area (Å²) in [6.07, 6.45) is 0. The number of hydrogen-bond acceptors (Lipinski definition) is 6. The predicted octanol–water partition coefficient (Wildman–Crippen LogP) is 5.90. The van der Waals surface area contributed by atoms with Crippen molar-refractivity contribution in [3.63, 3.8) is 0 Å². The Kier molecular flexibility index (Phi) is 6.33. The summed E-state index contributed by atoms with van der Waals surface area (Å²) in [6.45, 7) is 5.01. The van der Waals surface area contributed by atoms with Gasteiger partial charge in [0.2, 0.25) is 0 Å². The fourth-order valence-corrected chi connectivity index (χ4v) is 4.76. The number of nitrogens with one attached hydrogen (secondary N) is 1. The van der Waals surface area contributed by atoms with Gasteiger partial charge in [-0.3, -0.25) is 9.59 Å². The van der Waals surface area contributed by atoms with Crippen molar-refractivity contribution in [2.24, 2.45) is 0 Å². The molecule has 2 aromatic carbocycles. The molecule has 0 aliphatic carbocycles. The first kappa shape index (κ1) is 22.4. The zero-order valence-corrected chi connectivity index (χ0v) is 19.3. The van der Waals surface area contributed by atoms with E-state index in [-0.39, 0.29) is 18.0 Å². The lowest BCUT2D eigenvalue weighted by atomic mass is 10.0. The van der Waals surface area contributed by atoms with Gasteiger partial charge in [0.15, 0.2) is 5.78 Å². The Balaban J connectivity index is 1.81. The number of para-hydroxylation sites is 1. The van der Waals surface area contributed by atoms with Gasteiger partial charge >= 0.3 is 5.97 Å². The Morgan fingerprint density at radius 2 is 1.73 bits per heavy atom. The summed E-state index contributed by atoms with van der Waals surface area (Å²) in [7, 11) is 0. The number of fused-ring (bicyclic) bond motifs is 1. The predicted molar refractivity (Wildman–Crippen MR) is 130 cm³/mol. The van der Waals surface area contributed by atoms with Crippen molar-refractivity contribution in [1.82, 2.24) is 4.98 Å². The van der Waals surface area contributed by atoms with Gasteiger partial charge in [-0.05, 0) is 38.5 Å². The van der Waals surface area contributed by atoms with Crippen LogP contribution in [-0.2, 0) is 4.74 Å². The number of ether oxygens (including phenoxy) is 1. The van der Waals surface area contributed by atoms with Gasteiger partial charge in [-0.1, -0.05) is 48.5 Å². The molecule has 2 heterocycles. The minimum absolute atomic E-state index is 0.177. The number of aromatic nitrogens is 1. The lowest BCUT2D eigenvalue weighted by molar-refractivity contribution is 0.0527. The third-order valence-electron chi connectivity index (χ3n) is 5.20. The molecule has 0 saturated carbocycles. The van der Waals surface area contributed by atoms with Crippen LogP contribution >= 0.6 is 11.3 Å². The first-order chi connectivity index (χ1) is 15.9. The average Bonchev–Trinajstić information content (AvgIpc) is 3.15. The van der Waals surface area contributed by atoms with Crippen LogP contribution in [0, 0.1) is 6.92 Å². The van der Waals surface area contributed by atoms with E-state index < -0.39 is 11.9 Å². The summed E-state index contributed by atoms with van der Waals surface area (Å²) in [6, 6.07) is 18.7. The number of pyridine rings is 1. The number of ketones is 1. The summed E-state index contributed by atoms with van der Waals surface area (Å²) < 4.78 is 5.17.